The van der Waals surface area contributed by atoms with Gasteiger partial charge in [-0.25, -0.2) is 0 Å². The molecule has 1 N–H and O–H groups in total. The van der Waals surface area contributed by atoms with E-state index in [0.717, 1.165) is 32.7 Å². The molecule has 0 aliphatic carbocycles. The Kier molecular flexibility index (Phi) is 6.80. The van der Waals surface area contributed by atoms with Crippen LogP contribution in [0.25, 0.3) is 0 Å². The summed E-state index contributed by atoms with van der Waals surface area (Å²) in [5.74, 6) is 0.00436. The van der Waals surface area contributed by atoms with E-state index in [1.165, 1.54) is 11.1 Å². The van der Waals surface area contributed by atoms with E-state index >= 15 is 0 Å². The number of nitriles is 1. The molecule has 1 aromatic carbocycles. The van der Waals surface area contributed by atoms with Gasteiger partial charge in [-0.2, -0.15) is 5.26 Å². The average molecular weight is 357 g/mol. The van der Waals surface area contributed by atoms with Crippen molar-refractivity contribution in [2.24, 2.45) is 5.92 Å². The maximum absolute atomic E-state index is 12.6. The number of nitrogens with one attached hydrogen (secondary N) is 1. The van der Waals surface area contributed by atoms with Crippen LogP contribution in [-0.2, 0) is 11.3 Å². The summed E-state index contributed by atoms with van der Waals surface area (Å²) >= 11 is 0. The number of rotatable bonds is 6. The zero-order chi connectivity index (χ0) is 19.3. The normalized spacial score (nSPS) is 19.6. The van der Waals surface area contributed by atoms with Crippen molar-refractivity contribution < 1.29 is 4.79 Å². The molecule has 2 atom stereocenters. The molecule has 5 heteroatoms. The van der Waals surface area contributed by atoms with E-state index < -0.39 is 5.54 Å². The average Bonchev–Trinajstić information content (AvgIpc) is 2.61. The molecule has 1 fully saturated rings. The summed E-state index contributed by atoms with van der Waals surface area (Å²) < 4.78 is 0. The fourth-order valence-electron chi connectivity index (χ4n) is 3.21. The SMILES string of the molecule is Cc1cccc(CN2CCN([C@@H](C)C(=O)N[C@@](C)(C#N)C(C)C)CC2)c1. The van der Waals surface area contributed by atoms with Crippen LogP contribution in [0.4, 0.5) is 0 Å². The third-order valence-corrected chi connectivity index (χ3v) is 5.59. The van der Waals surface area contributed by atoms with E-state index in [9.17, 15) is 10.1 Å². The van der Waals surface area contributed by atoms with E-state index in [-0.39, 0.29) is 17.9 Å². The first kappa shape index (κ1) is 20.4. The molecule has 142 valence electrons. The number of hydrogen-bond acceptors (Lipinski definition) is 4. The largest absolute Gasteiger partial charge is 0.336 e. The van der Waals surface area contributed by atoms with Crippen LogP contribution in [0.2, 0.25) is 0 Å². The Labute approximate surface area is 158 Å². The molecule has 5 nitrogen and oxygen atoms in total. The Morgan fingerprint density at radius 2 is 1.92 bits per heavy atom. The van der Waals surface area contributed by atoms with Gasteiger partial charge in [0.1, 0.15) is 5.54 Å². The predicted octanol–water partition coefficient (Wildman–Crippen LogP) is 2.56. The van der Waals surface area contributed by atoms with Crippen molar-refractivity contribution >= 4 is 5.91 Å². The summed E-state index contributed by atoms with van der Waals surface area (Å²) in [4.78, 5) is 17.3. The van der Waals surface area contributed by atoms with Gasteiger partial charge in [-0.3, -0.25) is 14.6 Å². The van der Waals surface area contributed by atoms with Gasteiger partial charge in [-0.15, -0.1) is 0 Å². The van der Waals surface area contributed by atoms with Crippen molar-refractivity contribution in [1.29, 1.82) is 5.26 Å². The molecule has 1 amide bonds. The first-order chi connectivity index (χ1) is 12.2. The lowest BCUT2D eigenvalue weighted by molar-refractivity contribution is -0.128. The van der Waals surface area contributed by atoms with E-state index in [0.29, 0.717) is 0 Å². The molecule has 2 rings (SSSR count). The van der Waals surface area contributed by atoms with Gasteiger partial charge in [0, 0.05) is 32.7 Å². The van der Waals surface area contributed by atoms with Crippen LogP contribution < -0.4 is 5.32 Å². The van der Waals surface area contributed by atoms with Crippen molar-refractivity contribution in [1.82, 2.24) is 15.1 Å². The maximum atomic E-state index is 12.6. The first-order valence-electron chi connectivity index (χ1n) is 9.50. The van der Waals surface area contributed by atoms with Gasteiger partial charge in [0.2, 0.25) is 5.91 Å². The van der Waals surface area contributed by atoms with Gasteiger partial charge in [-0.1, -0.05) is 43.7 Å². The highest BCUT2D eigenvalue weighted by Gasteiger charge is 2.33. The van der Waals surface area contributed by atoms with Crippen LogP contribution in [0.15, 0.2) is 24.3 Å². The fraction of sp³-hybridized carbons (Fsp3) is 0.619. The number of amides is 1. The second-order valence-electron chi connectivity index (χ2n) is 7.94. The minimum Gasteiger partial charge on any atom is -0.336 e. The van der Waals surface area contributed by atoms with Gasteiger partial charge in [-0.05, 0) is 32.3 Å². The smallest absolute Gasteiger partial charge is 0.238 e. The van der Waals surface area contributed by atoms with Crippen molar-refractivity contribution in [3.05, 3.63) is 35.4 Å². The van der Waals surface area contributed by atoms with Gasteiger partial charge in [0.25, 0.3) is 0 Å². The Morgan fingerprint density at radius 1 is 1.27 bits per heavy atom. The highest BCUT2D eigenvalue weighted by molar-refractivity contribution is 5.82. The van der Waals surface area contributed by atoms with E-state index in [4.69, 9.17) is 0 Å². The number of carbonyl (C=O) groups excluding carboxylic acids is 1. The number of carbonyl (C=O) groups is 1. The number of piperazine rings is 1. The predicted molar refractivity (Wildman–Crippen MR) is 104 cm³/mol. The molecule has 1 aromatic rings. The lowest BCUT2D eigenvalue weighted by Gasteiger charge is -2.38. The van der Waals surface area contributed by atoms with Crippen LogP contribution >= 0.6 is 0 Å². The monoisotopic (exact) mass is 356 g/mol. The van der Waals surface area contributed by atoms with Gasteiger partial charge >= 0.3 is 0 Å². The molecule has 0 spiro atoms. The summed E-state index contributed by atoms with van der Waals surface area (Å²) in [6.45, 7) is 14.3. The number of benzene rings is 1. The Hall–Kier alpha value is -1.90. The second kappa shape index (κ2) is 8.66. The van der Waals surface area contributed by atoms with Crippen LogP contribution in [0, 0.1) is 24.2 Å². The molecule has 0 bridgehead atoms. The van der Waals surface area contributed by atoms with E-state index in [1.54, 1.807) is 6.92 Å². The molecular formula is C21H32N4O. The fourth-order valence-corrected chi connectivity index (χ4v) is 3.21. The molecule has 1 aliphatic heterocycles. The first-order valence-corrected chi connectivity index (χ1v) is 9.50. The Balaban J connectivity index is 1.87. The van der Waals surface area contributed by atoms with Gasteiger partial charge in [0.15, 0.2) is 0 Å². The highest BCUT2D eigenvalue weighted by Crippen LogP contribution is 2.17. The number of aryl methyl sites for hydroxylation is 1. The minimum atomic E-state index is -0.821. The molecular weight excluding hydrogens is 324 g/mol. The number of hydrogen-bond donors (Lipinski definition) is 1. The summed E-state index contributed by atoms with van der Waals surface area (Å²) in [5, 5.41) is 12.3. The zero-order valence-electron chi connectivity index (χ0n) is 16.7. The lowest BCUT2D eigenvalue weighted by Crippen LogP contribution is -2.58. The Bertz CT molecular complexity index is 658. The van der Waals surface area contributed by atoms with Gasteiger partial charge < -0.3 is 5.32 Å². The summed E-state index contributed by atoms with van der Waals surface area (Å²) in [6.07, 6.45) is 0. The molecule has 0 unspecified atom stereocenters. The van der Waals surface area contributed by atoms with Crippen molar-refractivity contribution in [3.8, 4) is 6.07 Å². The second-order valence-corrected chi connectivity index (χ2v) is 7.94. The van der Waals surface area contributed by atoms with Crippen molar-refractivity contribution in [2.75, 3.05) is 26.2 Å². The summed E-state index contributed by atoms with van der Waals surface area (Å²) in [6, 6.07) is 10.7. The topological polar surface area (TPSA) is 59.4 Å². The third-order valence-electron chi connectivity index (χ3n) is 5.59. The van der Waals surface area contributed by atoms with E-state index in [2.05, 4.69) is 52.4 Å². The standard InChI is InChI=1S/C21H32N4O/c1-16(2)21(5,15-22)23-20(26)18(4)25-11-9-24(10-12-25)14-19-8-6-7-17(3)13-19/h6-8,13,16,18H,9-12,14H2,1-5H3,(H,23,26)/t18-,21-/m0/s1. The van der Waals surface area contributed by atoms with Crippen LogP contribution in [0.3, 0.4) is 0 Å². The molecule has 0 aromatic heterocycles. The molecule has 26 heavy (non-hydrogen) atoms. The van der Waals surface area contributed by atoms with Gasteiger partial charge in [0.05, 0.1) is 12.1 Å². The molecule has 0 radical (unpaired) electrons. The summed E-state index contributed by atoms with van der Waals surface area (Å²) in [7, 11) is 0. The zero-order valence-corrected chi connectivity index (χ0v) is 16.7. The Morgan fingerprint density at radius 3 is 2.46 bits per heavy atom. The third kappa shape index (κ3) is 5.06. The minimum absolute atomic E-state index is 0.0603. The van der Waals surface area contributed by atoms with Crippen molar-refractivity contribution in [3.63, 3.8) is 0 Å². The van der Waals surface area contributed by atoms with E-state index in [1.807, 2.05) is 20.8 Å². The molecule has 0 saturated carbocycles. The summed E-state index contributed by atoms with van der Waals surface area (Å²) in [5.41, 5.74) is 1.81. The molecule has 1 heterocycles. The van der Waals surface area contributed by atoms with Crippen LogP contribution in [0.5, 0.6) is 0 Å². The van der Waals surface area contributed by atoms with Crippen LogP contribution in [-0.4, -0.2) is 53.5 Å². The van der Waals surface area contributed by atoms with Crippen molar-refractivity contribution in [2.45, 2.75) is 52.7 Å². The highest BCUT2D eigenvalue weighted by atomic mass is 16.2. The molecule has 1 saturated heterocycles. The lowest BCUT2D eigenvalue weighted by atomic mass is 9.89. The molecule has 1 aliphatic rings. The van der Waals surface area contributed by atoms with Crippen LogP contribution in [0.1, 0.15) is 38.8 Å². The maximum Gasteiger partial charge on any atom is 0.238 e. The number of nitrogens with zero attached hydrogens (tertiary/aromatic N) is 3. The quantitative estimate of drug-likeness (QED) is 0.851.